The van der Waals surface area contributed by atoms with E-state index in [1.807, 2.05) is 47.6 Å². The molecule has 156 valence electrons. The minimum atomic E-state index is -0.521. The molecule has 1 amide bonds. The minimum Gasteiger partial charge on any atom is -0.508 e. The van der Waals surface area contributed by atoms with Crippen LogP contribution in [0.2, 0.25) is 0 Å². The van der Waals surface area contributed by atoms with Crippen molar-refractivity contribution < 1.29 is 11.3 Å². The van der Waals surface area contributed by atoms with Crippen molar-refractivity contribution in [3.63, 3.8) is 0 Å². The average Bonchev–Trinajstić information content (AvgIpc) is 2.94. The van der Waals surface area contributed by atoms with Crippen LogP contribution in [0.15, 0.2) is 23.1 Å². The lowest BCUT2D eigenvalue weighted by molar-refractivity contribution is 0.102. The van der Waals surface area contributed by atoms with Gasteiger partial charge in [0, 0.05) is 19.4 Å². The number of carbonyl (C=O) groups excluding carboxylic acids is 1. The number of carbonyl (C=O) groups is 1. The summed E-state index contributed by atoms with van der Waals surface area (Å²) in [5.41, 5.74) is 1.92. The molecule has 0 spiro atoms. The standard InChI is InChI=1S/C22H27N3O3S.H2/c1-11-17-18(27)12(10-23-20(17)29-25-11)19(28)24-15-9-16(26)14(22(5,6)7)8-13(15)21(2,3)4;/h8-10,26H,1-7H3,(H,23,27)(H,24,28);1H. The molecule has 0 aliphatic heterocycles. The first-order valence-corrected chi connectivity index (χ1v) is 10.2. The van der Waals surface area contributed by atoms with E-state index in [1.54, 1.807) is 13.0 Å². The van der Waals surface area contributed by atoms with E-state index in [0.717, 1.165) is 11.1 Å². The summed E-state index contributed by atoms with van der Waals surface area (Å²) in [5.74, 6) is -0.407. The smallest absolute Gasteiger partial charge is 0.261 e. The van der Waals surface area contributed by atoms with Gasteiger partial charge in [0.1, 0.15) is 16.1 Å². The summed E-state index contributed by atoms with van der Waals surface area (Å²) in [7, 11) is 0. The van der Waals surface area contributed by atoms with Crippen LogP contribution in [0.1, 0.15) is 70.1 Å². The van der Waals surface area contributed by atoms with Gasteiger partial charge in [-0.25, -0.2) is 0 Å². The second-order valence-electron chi connectivity index (χ2n) is 9.37. The zero-order valence-corrected chi connectivity index (χ0v) is 18.7. The Bertz CT molecular complexity index is 1170. The Kier molecular flexibility index (Phi) is 5.07. The lowest BCUT2D eigenvalue weighted by Crippen LogP contribution is -2.25. The lowest BCUT2D eigenvalue weighted by atomic mass is 9.79. The number of amides is 1. The number of fused-ring (bicyclic) bond motifs is 1. The maximum absolute atomic E-state index is 13.0. The third-order valence-electron chi connectivity index (χ3n) is 4.93. The quantitative estimate of drug-likeness (QED) is 0.543. The highest BCUT2D eigenvalue weighted by molar-refractivity contribution is 7.12. The number of aromatic nitrogens is 2. The molecular weight excluding hydrogens is 386 g/mol. The van der Waals surface area contributed by atoms with Crippen LogP contribution in [0, 0.1) is 6.92 Å². The normalized spacial score (nSPS) is 12.4. The Morgan fingerprint density at radius 3 is 2.34 bits per heavy atom. The van der Waals surface area contributed by atoms with Crippen molar-refractivity contribution in [3.05, 3.63) is 50.9 Å². The van der Waals surface area contributed by atoms with Gasteiger partial charge >= 0.3 is 0 Å². The van der Waals surface area contributed by atoms with Crippen molar-refractivity contribution in [2.24, 2.45) is 0 Å². The molecule has 2 aromatic heterocycles. The first kappa shape index (κ1) is 21.0. The highest BCUT2D eigenvalue weighted by Crippen LogP contribution is 2.39. The van der Waals surface area contributed by atoms with Crippen molar-refractivity contribution in [1.82, 2.24) is 9.36 Å². The Balaban J connectivity index is 0.00000320. The van der Waals surface area contributed by atoms with Crippen LogP contribution in [0.5, 0.6) is 5.75 Å². The Morgan fingerprint density at radius 1 is 1.14 bits per heavy atom. The third-order valence-corrected chi connectivity index (χ3v) is 5.80. The van der Waals surface area contributed by atoms with Crippen LogP contribution in [-0.4, -0.2) is 20.4 Å². The minimum absolute atomic E-state index is 0. The molecule has 0 radical (unpaired) electrons. The summed E-state index contributed by atoms with van der Waals surface area (Å²) >= 11 is 1.19. The van der Waals surface area contributed by atoms with Gasteiger partial charge in [-0.3, -0.25) is 9.59 Å². The van der Waals surface area contributed by atoms with Gasteiger partial charge in [-0.1, -0.05) is 41.5 Å². The zero-order valence-electron chi connectivity index (χ0n) is 17.9. The van der Waals surface area contributed by atoms with Gasteiger partial charge in [-0.15, -0.1) is 0 Å². The maximum Gasteiger partial charge on any atom is 0.261 e. The van der Waals surface area contributed by atoms with Crippen LogP contribution in [0.25, 0.3) is 10.2 Å². The highest BCUT2D eigenvalue weighted by Gasteiger charge is 2.27. The molecule has 3 rings (SSSR count). The molecule has 2 heterocycles. The molecule has 0 aliphatic carbocycles. The van der Waals surface area contributed by atoms with Crippen molar-refractivity contribution in [2.75, 3.05) is 5.32 Å². The van der Waals surface area contributed by atoms with E-state index in [0.29, 0.717) is 21.6 Å². The Morgan fingerprint density at radius 2 is 1.76 bits per heavy atom. The van der Waals surface area contributed by atoms with Gasteiger partial charge in [0.05, 0.1) is 11.1 Å². The third kappa shape index (κ3) is 3.92. The molecule has 0 saturated carbocycles. The second-order valence-corrected chi connectivity index (χ2v) is 10.1. The second kappa shape index (κ2) is 6.99. The van der Waals surface area contributed by atoms with Gasteiger partial charge in [0.15, 0.2) is 0 Å². The molecule has 7 heteroatoms. The number of pyridine rings is 1. The maximum atomic E-state index is 13.0. The fraction of sp³-hybridized carbons (Fsp3) is 0.409. The Labute approximate surface area is 175 Å². The number of anilines is 1. The molecular formula is C22H29N3O3S. The number of nitrogens with zero attached hydrogens (tertiary/aromatic N) is 1. The number of nitrogens with one attached hydrogen (secondary N) is 2. The van der Waals surface area contributed by atoms with Crippen LogP contribution in [0.4, 0.5) is 5.69 Å². The van der Waals surface area contributed by atoms with Gasteiger partial charge in [0.25, 0.3) is 5.91 Å². The van der Waals surface area contributed by atoms with E-state index < -0.39 is 5.91 Å². The monoisotopic (exact) mass is 415 g/mol. The summed E-state index contributed by atoms with van der Waals surface area (Å²) in [4.78, 5) is 29.4. The SMILES string of the molecule is Cc1nsc2[nH]cc(C(=O)Nc3cc(O)c(C(C)(C)C)cc3C(C)(C)C)c(=O)c12.[HH]. The number of hydrogen-bond donors (Lipinski definition) is 3. The fourth-order valence-electron chi connectivity index (χ4n) is 3.34. The van der Waals surface area contributed by atoms with Crippen LogP contribution < -0.4 is 10.7 Å². The molecule has 0 bridgehead atoms. The molecule has 3 N–H and O–H groups in total. The summed E-state index contributed by atoms with van der Waals surface area (Å²) < 4.78 is 4.18. The molecule has 0 fully saturated rings. The number of aryl methyl sites for hydroxylation is 1. The predicted molar refractivity (Wildman–Crippen MR) is 121 cm³/mol. The van der Waals surface area contributed by atoms with Gasteiger partial charge < -0.3 is 15.4 Å². The number of aromatic hydroxyl groups is 1. The number of H-pyrrole nitrogens is 1. The molecule has 3 aromatic rings. The number of aromatic amines is 1. The number of phenols is 1. The average molecular weight is 416 g/mol. The summed E-state index contributed by atoms with van der Waals surface area (Å²) in [6, 6.07) is 3.51. The summed E-state index contributed by atoms with van der Waals surface area (Å²) in [5, 5.41) is 13.8. The van der Waals surface area contributed by atoms with Crippen LogP contribution in [-0.2, 0) is 10.8 Å². The molecule has 0 atom stereocenters. The van der Waals surface area contributed by atoms with Gasteiger partial charge in [-0.2, -0.15) is 4.37 Å². The number of hydrogen-bond acceptors (Lipinski definition) is 5. The predicted octanol–water partition coefficient (Wildman–Crippen LogP) is 5.09. The molecule has 6 nitrogen and oxygen atoms in total. The molecule has 1 aromatic carbocycles. The highest BCUT2D eigenvalue weighted by atomic mass is 32.1. The first-order valence-electron chi connectivity index (χ1n) is 9.47. The van der Waals surface area contributed by atoms with Crippen molar-refractivity contribution in [3.8, 4) is 5.75 Å². The van der Waals surface area contributed by atoms with E-state index in [2.05, 4.69) is 14.7 Å². The van der Waals surface area contributed by atoms with Gasteiger partial charge in [-0.05, 0) is 46.5 Å². The summed E-state index contributed by atoms with van der Waals surface area (Å²) in [6.07, 6.45) is 1.41. The van der Waals surface area contributed by atoms with E-state index >= 15 is 0 Å². The molecule has 0 aliphatic rings. The van der Waals surface area contributed by atoms with E-state index in [4.69, 9.17) is 0 Å². The van der Waals surface area contributed by atoms with Gasteiger partial charge in [0.2, 0.25) is 5.43 Å². The fourth-order valence-corrected chi connectivity index (χ4v) is 4.11. The molecule has 29 heavy (non-hydrogen) atoms. The number of rotatable bonds is 2. The zero-order chi connectivity index (χ0) is 21.7. The van der Waals surface area contributed by atoms with E-state index in [9.17, 15) is 14.7 Å². The first-order chi connectivity index (χ1) is 13.3. The largest absolute Gasteiger partial charge is 0.508 e. The Hall–Kier alpha value is -2.67. The van der Waals surface area contributed by atoms with Crippen molar-refractivity contribution in [2.45, 2.75) is 59.3 Å². The van der Waals surface area contributed by atoms with Crippen molar-refractivity contribution >= 4 is 33.3 Å². The number of phenolic OH excluding ortho intramolecular Hbond substituents is 1. The topological polar surface area (TPSA) is 95.1 Å². The number of benzene rings is 1. The van der Waals surface area contributed by atoms with Crippen LogP contribution >= 0.6 is 11.5 Å². The van der Waals surface area contributed by atoms with Crippen molar-refractivity contribution in [1.29, 1.82) is 0 Å². The van der Waals surface area contributed by atoms with E-state index in [-0.39, 0.29) is 29.0 Å². The lowest BCUT2D eigenvalue weighted by Gasteiger charge is -2.28. The molecule has 0 unspecified atom stereocenters. The van der Waals surface area contributed by atoms with E-state index in [1.165, 1.54) is 17.7 Å². The summed E-state index contributed by atoms with van der Waals surface area (Å²) in [6.45, 7) is 14.0. The molecule has 0 saturated heterocycles. The van der Waals surface area contributed by atoms with Crippen LogP contribution in [0.3, 0.4) is 0 Å².